The number of carbonyl (C=O) groups excluding carboxylic acids is 1. The van der Waals surface area contributed by atoms with Gasteiger partial charge < -0.3 is 5.32 Å². The molecule has 1 aromatic heterocycles. The van der Waals surface area contributed by atoms with Crippen molar-refractivity contribution in [3.8, 4) is 0 Å². The Hall–Kier alpha value is -1.45. The van der Waals surface area contributed by atoms with Gasteiger partial charge in [-0.05, 0) is 46.9 Å². The minimum atomic E-state index is -0.651. The van der Waals surface area contributed by atoms with Crippen molar-refractivity contribution in [3.63, 3.8) is 0 Å². The number of nitro groups is 1. The molecule has 0 spiro atoms. The van der Waals surface area contributed by atoms with Gasteiger partial charge in [0.05, 0.1) is 10.5 Å². The molecule has 21 heavy (non-hydrogen) atoms. The Balaban J connectivity index is 2.38. The van der Waals surface area contributed by atoms with E-state index in [1.807, 2.05) is 22.6 Å². The van der Waals surface area contributed by atoms with Gasteiger partial charge in [-0.1, -0.05) is 23.2 Å². The zero-order valence-electron chi connectivity index (χ0n) is 10.1. The van der Waals surface area contributed by atoms with Crippen LogP contribution in [0.15, 0.2) is 30.3 Å². The first-order valence-corrected chi connectivity index (χ1v) is 7.29. The van der Waals surface area contributed by atoms with Gasteiger partial charge in [0.25, 0.3) is 5.91 Å². The molecule has 0 radical (unpaired) electrons. The lowest BCUT2D eigenvalue weighted by Gasteiger charge is -2.07. The number of hydrogen-bond donors (Lipinski definition) is 1. The summed E-state index contributed by atoms with van der Waals surface area (Å²) in [4.78, 5) is 26.2. The van der Waals surface area contributed by atoms with Crippen LogP contribution in [-0.4, -0.2) is 15.8 Å². The molecule has 1 aromatic carbocycles. The van der Waals surface area contributed by atoms with Gasteiger partial charge in [0.15, 0.2) is 0 Å². The Morgan fingerprint density at radius 1 is 1.29 bits per heavy atom. The lowest BCUT2D eigenvalue weighted by atomic mass is 10.2. The van der Waals surface area contributed by atoms with Crippen molar-refractivity contribution < 1.29 is 9.72 Å². The summed E-state index contributed by atoms with van der Waals surface area (Å²) in [6.07, 6.45) is 0. The van der Waals surface area contributed by atoms with E-state index in [2.05, 4.69) is 10.3 Å². The molecule has 0 bridgehead atoms. The van der Waals surface area contributed by atoms with Gasteiger partial charge in [0.1, 0.15) is 5.15 Å². The maximum Gasteiger partial charge on any atom is 0.311 e. The van der Waals surface area contributed by atoms with Gasteiger partial charge >= 0.3 is 5.69 Å². The summed E-state index contributed by atoms with van der Waals surface area (Å²) < 4.78 is 0.652. The van der Waals surface area contributed by atoms with E-state index >= 15 is 0 Å². The highest BCUT2D eigenvalue weighted by molar-refractivity contribution is 14.1. The molecule has 0 aliphatic rings. The third kappa shape index (κ3) is 3.80. The number of nitrogens with one attached hydrogen (secondary N) is 1. The van der Waals surface area contributed by atoms with Gasteiger partial charge in [-0.15, -0.1) is 0 Å². The van der Waals surface area contributed by atoms with Gasteiger partial charge in [-0.2, -0.15) is 0 Å². The first-order chi connectivity index (χ1) is 9.88. The van der Waals surface area contributed by atoms with E-state index in [0.717, 1.165) is 0 Å². The van der Waals surface area contributed by atoms with Crippen LogP contribution in [-0.2, 0) is 0 Å². The number of pyridine rings is 1. The van der Waals surface area contributed by atoms with Crippen molar-refractivity contribution in [2.45, 2.75) is 0 Å². The van der Waals surface area contributed by atoms with Crippen LogP contribution in [0.5, 0.6) is 0 Å². The number of hydrogen-bond acceptors (Lipinski definition) is 4. The van der Waals surface area contributed by atoms with E-state index in [4.69, 9.17) is 23.2 Å². The van der Waals surface area contributed by atoms with Crippen molar-refractivity contribution in [1.82, 2.24) is 4.98 Å². The smallest absolute Gasteiger partial charge is 0.301 e. The van der Waals surface area contributed by atoms with Crippen molar-refractivity contribution in [1.29, 1.82) is 0 Å². The van der Waals surface area contributed by atoms with Crippen molar-refractivity contribution in [2.75, 3.05) is 5.32 Å². The molecule has 0 fully saturated rings. The summed E-state index contributed by atoms with van der Waals surface area (Å²) >= 11 is 13.5. The molecule has 1 amide bonds. The summed E-state index contributed by atoms with van der Waals surface area (Å²) in [6, 6.07) is 7.22. The minimum Gasteiger partial charge on any atom is -0.301 e. The molecule has 2 aromatic rings. The Morgan fingerprint density at radius 3 is 2.67 bits per heavy atom. The van der Waals surface area contributed by atoms with Crippen LogP contribution < -0.4 is 5.32 Å². The van der Waals surface area contributed by atoms with Crippen LogP contribution in [0.2, 0.25) is 10.2 Å². The largest absolute Gasteiger partial charge is 0.311 e. The molecule has 0 aliphatic carbocycles. The second-order valence-electron chi connectivity index (χ2n) is 3.84. The van der Waals surface area contributed by atoms with E-state index in [1.165, 1.54) is 18.2 Å². The highest BCUT2D eigenvalue weighted by Gasteiger charge is 2.20. The first kappa shape index (κ1) is 15.9. The standard InChI is InChI=1S/C12H6Cl2IN3O3/c13-6-1-2-8(15)7(5-6)12(19)17-11-9(18(20)21)3-4-10(14)16-11/h1-5H,(H,16,17,19). The lowest BCUT2D eigenvalue weighted by Crippen LogP contribution is -2.15. The molecular formula is C12H6Cl2IN3O3. The monoisotopic (exact) mass is 437 g/mol. The number of benzene rings is 1. The van der Waals surface area contributed by atoms with Crippen LogP contribution in [0.3, 0.4) is 0 Å². The van der Waals surface area contributed by atoms with Crippen molar-refractivity contribution >= 4 is 63.2 Å². The summed E-state index contributed by atoms with van der Waals surface area (Å²) in [5, 5.41) is 13.7. The Bertz CT molecular complexity index is 740. The highest BCUT2D eigenvalue weighted by Crippen LogP contribution is 2.25. The first-order valence-electron chi connectivity index (χ1n) is 5.46. The number of carbonyl (C=O) groups is 1. The summed E-state index contributed by atoms with van der Waals surface area (Å²) in [7, 11) is 0. The number of anilines is 1. The van der Waals surface area contributed by atoms with E-state index in [-0.39, 0.29) is 16.7 Å². The molecule has 108 valence electrons. The summed E-state index contributed by atoms with van der Waals surface area (Å²) in [5.74, 6) is -0.770. The zero-order valence-corrected chi connectivity index (χ0v) is 13.8. The van der Waals surface area contributed by atoms with Gasteiger partial charge in [0, 0.05) is 14.7 Å². The molecule has 9 heteroatoms. The molecule has 0 saturated carbocycles. The van der Waals surface area contributed by atoms with Crippen LogP contribution in [0, 0.1) is 13.7 Å². The maximum absolute atomic E-state index is 12.2. The predicted molar refractivity (Wildman–Crippen MR) is 88.0 cm³/mol. The van der Waals surface area contributed by atoms with Crippen LogP contribution in [0.1, 0.15) is 10.4 Å². The molecule has 0 aliphatic heterocycles. The topological polar surface area (TPSA) is 85.1 Å². The highest BCUT2D eigenvalue weighted by atomic mass is 127. The lowest BCUT2D eigenvalue weighted by molar-refractivity contribution is -0.384. The Labute approximate surface area is 142 Å². The number of nitrogens with zero attached hydrogens (tertiary/aromatic N) is 2. The molecule has 0 saturated heterocycles. The number of halogens is 3. The third-order valence-corrected chi connectivity index (χ3v) is 3.83. The SMILES string of the molecule is O=C(Nc1nc(Cl)ccc1[N+](=O)[O-])c1cc(Cl)ccc1I. The summed E-state index contributed by atoms with van der Waals surface area (Å²) in [6.45, 7) is 0. The van der Waals surface area contributed by atoms with E-state index in [9.17, 15) is 14.9 Å². The molecule has 2 rings (SSSR count). The van der Waals surface area contributed by atoms with Crippen LogP contribution in [0.4, 0.5) is 11.5 Å². The minimum absolute atomic E-state index is 0.0386. The van der Waals surface area contributed by atoms with Crippen LogP contribution in [0.25, 0.3) is 0 Å². The number of aromatic nitrogens is 1. The molecule has 1 N–H and O–H groups in total. The normalized spacial score (nSPS) is 10.2. The Morgan fingerprint density at radius 2 is 2.00 bits per heavy atom. The molecule has 6 nitrogen and oxygen atoms in total. The van der Waals surface area contributed by atoms with Gasteiger partial charge in [-0.25, -0.2) is 4.98 Å². The molecule has 0 atom stereocenters. The second-order valence-corrected chi connectivity index (χ2v) is 5.82. The fourth-order valence-corrected chi connectivity index (χ4v) is 2.41. The molecule has 1 heterocycles. The fourth-order valence-electron chi connectivity index (χ4n) is 1.51. The zero-order chi connectivity index (χ0) is 15.6. The maximum atomic E-state index is 12.2. The van der Waals surface area contributed by atoms with Gasteiger partial charge in [-0.3, -0.25) is 14.9 Å². The Kier molecular flexibility index (Phi) is 4.96. The molecular weight excluding hydrogens is 432 g/mol. The fraction of sp³-hybridized carbons (Fsp3) is 0. The third-order valence-electron chi connectivity index (χ3n) is 2.44. The second kappa shape index (κ2) is 6.54. The average molecular weight is 438 g/mol. The van der Waals surface area contributed by atoms with Crippen LogP contribution >= 0.6 is 45.8 Å². The molecule has 0 unspecified atom stereocenters. The number of rotatable bonds is 3. The van der Waals surface area contributed by atoms with Crippen molar-refractivity contribution in [2.24, 2.45) is 0 Å². The van der Waals surface area contributed by atoms with E-state index in [1.54, 1.807) is 12.1 Å². The predicted octanol–water partition coefficient (Wildman–Crippen LogP) is 4.15. The summed E-state index contributed by atoms with van der Waals surface area (Å²) in [5.41, 5.74) is -0.0519. The number of amides is 1. The van der Waals surface area contributed by atoms with E-state index in [0.29, 0.717) is 14.2 Å². The van der Waals surface area contributed by atoms with E-state index < -0.39 is 10.8 Å². The quantitative estimate of drug-likeness (QED) is 0.338. The van der Waals surface area contributed by atoms with Crippen molar-refractivity contribution in [3.05, 3.63) is 59.8 Å². The van der Waals surface area contributed by atoms with Gasteiger partial charge in [0.2, 0.25) is 5.82 Å². The average Bonchev–Trinajstić information content (AvgIpc) is 2.41.